The van der Waals surface area contributed by atoms with Crippen LogP contribution in [0.5, 0.6) is 11.5 Å². The molecule has 0 aliphatic heterocycles. The van der Waals surface area contributed by atoms with Gasteiger partial charge in [0.05, 0.1) is 26.2 Å². The Morgan fingerprint density at radius 1 is 1.07 bits per heavy atom. The van der Waals surface area contributed by atoms with Gasteiger partial charge >= 0.3 is 0 Å². The number of nitrogens with zero attached hydrogens (tertiary/aromatic N) is 2. The van der Waals surface area contributed by atoms with Gasteiger partial charge in [-0.25, -0.2) is 4.98 Å². The van der Waals surface area contributed by atoms with Crippen molar-refractivity contribution in [2.75, 3.05) is 20.8 Å². The van der Waals surface area contributed by atoms with Gasteiger partial charge in [0, 0.05) is 18.2 Å². The Balaban J connectivity index is 1.58. The normalized spacial score (nSPS) is 10.4. The summed E-state index contributed by atoms with van der Waals surface area (Å²) in [5, 5.41) is 2.82. The van der Waals surface area contributed by atoms with E-state index in [2.05, 4.69) is 10.3 Å². The second kappa shape index (κ2) is 9.54. The summed E-state index contributed by atoms with van der Waals surface area (Å²) in [7, 11) is 3.19. The van der Waals surface area contributed by atoms with Crippen molar-refractivity contribution in [2.24, 2.45) is 0 Å². The summed E-state index contributed by atoms with van der Waals surface area (Å²) in [5.74, 6) is 1.18. The Kier molecular flexibility index (Phi) is 6.63. The van der Waals surface area contributed by atoms with Gasteiger partial charge < -0.3 is 14.8 Å². The number of amides is 1. The maximum Gasteiger partial charge on any atom is 0.254 e. The zero-order valence-electron chi connectivity index (χ0n) is 16.4. The molecule has 29 heavy (non-hydrogen) atoms. The summed E-state index contributed by atoms with van der Waals surface area (Å²) in [6.07, 6.45) is 2.07. The molecule has 3 rings (SSSR count). The van der Waals surface area contributed by atoms with Crippen molar-refractivity contribution in [3.8, 4) is 22.8 Å². The molecule has 150 valence electrons. The molecule has 0 saturated heterocycles. The number of methoxy groups -OCH3 is 2. The zero-order valence-corrected chi connectivity index (χ0v) is 16.4. The van der Waals surface area contributed by atoms with Gasteiger partial charge in [0.25, 0.3) is 5.56 Å². The van der Waals surface area contributed by atoms with Gasteiger partial charge in [0.1, 0.15) is 18.0 Å². The van der Waals surface area contributed by atoms with Gasteiger partial charge in [0.2, 0.25) is 5.91 Å². The summed E-state index contributed by atoms with van der Waals surface area (Å²) < 4.78 is 11.7. The number of nitrogens with one attached hydrogen (secondary N) is 1. The van der Waals surface area contributed by atoms with Crippen LogP contribution in [0.4, 0.5) is 0 Å². The summed E-state index contributed by atoms with van der Waals surface area (Å²) >= 11 is 0. The van der Waals surface area contributed by atoms with E-state index in [0.29, 0.717) is 24.4 Å². The lowest BCUT2D eigenvalue weighted by Crippen LogP contribution is -2.33. The molecule has 0 aliphatic carbocycles. The quantitative estimate of drug-likeness (QED) is 0.635. The molecule has 1 amide bonds. The molecular weight excluding hydrogens is 370 g/mol. The molecule has 0 bridgehead atoms. The van der Waals surface area contributed by atoms with E-state index in [9.17, 15) is 9.59 Å². The first kappa shape index (κ1) is 20.1. The van der Waals surface area contributed by atoms with Crippen LogP contribution in [0.15, 0.2) is 65.7 Å². The highest BCUT2D eigenvalue weighted by Crippen LogP contribution is 2.26. The maximum absolute atomic E-state index is 12.4. The first-order valence-electron chi connectivity index (χ1n) is 9.20. The van der Waals surface area contributed by atoms with Gasteiger partial charge in [-0.05, 0) is 36.2 Å². The van der Waals surface area contributed by atoms with Crippen LogP contribution in [0.3, 0.4) is 0 Å². The van der Waals surface area contributed by atoms with E-state index in [0.717, 1.165) is 16.9 Å². The van der Waals surface area contributed by atoms with Crippen LogP contribution in [0.1, 0.15) is 5.56 Å². The highest BCUT2D eigenvalue weighted by atomic mass is 16.5. The van der Waals surface area contributed by atoms with E-state index in [1.54, 1.807) is 20.3 Å². The molecule has 0 fully saturated rings. The third-order valence-corrected chi connectivity index (χ3v) is 4.47. The van der Waals surface area contributed by atoms with Crippen molar-refractivity contribution >= 4 is 5.91 Å². The second-order valence-corrected chi connectivity index (χ2v) is 6.39. The Bertz CT molecular complexity index is 1030. The molecule has 0 atom stereocenters. The fraction of sp³-hybridized carbons (Fsp3) is 0.227. The number of carbonyl (C=O) groups excluding carboxylic acids is 1. The highest BCUT2D eigenvalue weighted by Gasteiger charge is 2.10. The smallest absolute Gasteiger partial charge is 0.254 e. The van der Waals surface area contributed by atoms with Gasteiger partial charge in [0.15, 0.2) is 0 Å². The number of hydrogen-bond donors (Lipinski definition) is 1. The van der Waals surface area contributed by atoms with Crippen LogP contribution in [0.25, 0.3) is 11.3 Å². The third-order valence-electron chi connectivity index (χ3n) is 4.47. The molecule has 0 radical (unpaired) electrons. The van der Waals surface area contributed by atoms with Crippen LogP contribution in [-0.4, -0.2) is 36.2 Å². The van der Waals surface area contributed by atoms with Crippen LogP contribution >= 0.6 is 0 Å². The lowest BCUT2D eigenvalue weighted by molar-refractivity contribution is -0.121. The summed E-state index contributed by atoms with van der Waals surface area (Å²) in [4.78, 5) is 28.9. The van der Waals surface area contributed by atoms with Crippen molar-refractivity contribution in [2.45, 2.75) is 13.0 Å². The van der Waals surface area contributed by atoms with Crippen molar-refractivity contribution < 1.29 is 14.3 Å². The number of carbonyl (C=O) groups is 1. The molecule has 3 aromatic rings. The molecule has 2 aromatic carbocycles. The fourth-order valence-corrected chi connectivity index (χ4v) is 2.90. The van der Waals surface area contributed by atoms with Crippen molar-refractivity contribution in [1.29, 1.82) is 0 Å². The average Bonchev–Trinajstić information content (AvgIpc) is 2.75. The van der Waals surface area contributed by atoms with E-state index >= 15 is 0 Å². The largest absolute Gasteiger partial charge is 0.497 e. The second-order valence-electron chi connectivity index (χ2n) is 6.39. The van der Waals surface area contributed by atoms with Crippen LogP contribution in [0.2, 0.25) is 0 Å². The van der Waals surface area contributed by atoms with E-state index in [-0.39, 0.29) is 18.0 Å². The first-order chi connectivity index (χ1) is 14.1. The SMILES string of the molecule is COc1ccc(CCNC(=O)Cn2cnc(-c3ccccc3OC)cc2=O)cc1. The van der Waals surface area contributed by atoms with Crippen molar-refractivity contribution in [3.63, 3.8) is 0 Å². The highest BCUT2D eigenvalue weighted by molar-refractivity contribution is 5.75. The molecule has 0 aliphatic rings. The Morgan fingerprint density at radius 3 is 2.52 bits per heavy atom. The zero-order chi connectivity index (χ0) is 20.6. The van der Waals surface area contributed by atoms with E-state index in [4.69, 9.17) is 9.47 Å². The monoisotopic (exact) mass is 393 g/mol. The first-order valence-corrected chi connectivity index (χ1v) is 9.20. The van der Waals surface area contributed by atoms with Crippen LogP contribution in [0, 0.1) is 0 Å². The van der Waals surface area contributed by atoms with Crippen molar-refractivity contribution in [1.82, 2.24) is 14.9 Å². The van der Waals surface area contributed by atoms with E-state index in [1.165, 1.54) is 17.0 Å². The number of para-hydroxylation sites is 1. The Morgan fingerprint density at radius 2 is 1.83 bits per heavy atom. The molecule has 1 heterocycles. The Hall–Kier alpha value is -3.61. The van der Waals surface area contributed by atoms with E-state index < -0.39 is 0 Å². The minimum Gasteiger partial charge on any atom is -0.497 e. The summed E-state index contributed by atoms with van der Waals surface area (Å²) in [6, 6.07) is 16.4. The molecule has 7 heteroatoms. The molecule has 0 unspecified atom stereocenters. The van der Waals surface area contributed by atoms with Gasteiger partial charge in [-0.2, -0.15) is 0 Å². The number of rotatable bonds is 8. The predicted molar refractivity (Wildman–Crippen MR) is 110 cm³/mol. The average molecular weight is 393 g/mol. The van der Waals surface area contributed by atoms with Gasteiger partial charge in [-0.1, -0.05) is 24.3 Å². The Labute approximate surface area is 168 Å². The van der Waals surface area contributed by atoms with Gasteiger partial charge in [-0.3, -0.25) is 14.2 Å². The minimum atomic E-state index is -0.300. The minimum absolute atomic E-state index is 0.0827. The predicted octanol–water partition coefficient (Wildman–Crippen LogP) is 2.29. The molecule has 0 saturated carbocycles. The summed E-state index contributed by atoms with van der Waals surface area (Å²) in [6.45, 7) is 0.396. The standard InChI is InChI=1S/C22H23N3O4/c1-28-17-9-7-16(8-10-17)11-12-23-21(26)14-25-15-24-19(13-22(25)27)18-5-3-4-6-20(18)29-2/h3-10,13,15H,11-12,14H2,1-2H3,(H,23,26). The molecule has 7 nitrogen and oxygen atoms in total. The number of ether oxygens (including phenoxy) is 2. The van der Waals surface area contributed by atoms with Gasteiger partial charge in [-0.15, -0.1) is 0 Å². The number of aromatic nitrogens is 2. The van der Waals surface area contributed by atoms with Crippen LogP contribution in [-0.2, 0) is 17.8 Å². The van der Waals surface area contributed by atoms with Crippen LogP contribution < -0.4 is 20.3 Å². The molecule has 1 aromatic heterocycles. The topological polar surface area (TPSA) is 82.4 Å². The van der Waals surface area contributed by atoms with E-state index in [1.807, 2.05) is 42.5 Å². The molecular formula is C22H23N3O4. The molecule has 1 N–H and O–H groups in total. The number of hydrogen-bond acceptors (Lipinski definition) is 5. The fourth-order valence-electron chi connectivity index (χ4n) is 2.90. The third kappa shape index (κ3) is 5.22. The lowest BCUT2D eigenvalue weighted by Gasteiger charge is -2.10. The number of benzene rings is 2. The lowest BCUT2D eigenvalue weighted by atomic mass is 10.1. The molecule has 0 spiro atoms. The maximum atomic E-state index is 12.4. The van der Waals surface area contributed by atoms with Crippen molar-refractivity contribution in [3.05, 3.63) is 76.8 Å². The summed E-state index contributed by atoms with van der Waals surface area (Å²) in [5.41, 5.74) is 2.02.